The first-order chi connectivity index (χ1) is 10.5. The van der Waals surface area contributed by atoms with Gasteiger partial charge in [0.05, 0.1) is 0 Å². The first kappa shape index (κ1) is 20.0. The predicted octanol–water partition coefficient (Wildman–Crippen LogP) is 1.71. The van der Waals surface area contributed by atoms with Crippen molar-refractivity contribution in [2.75, 3.05) is 5.75 Å². The van der Waals surface area contributed by atoms with Gasteiger partial charge in [-0.25, -0.2) is 0 Å². The Labute approximate surface area is 141 Å². The van der Waals surface area contributed by atoms with Gasteiger partial charge < -0.3 is 18.6 Å². The van der Waals surface area contributed by atoms with Crippen molar-refractivity contribution in [3.05, 3.63) is 0 Å². The van der Waals surface area contributed by atoms with Crippen LogP contribution in [0.2, 0.25) is 19.6 Å². The van der Waals surface area contributed by atoms with Crippen molar-refractivity contribution in [2.24, 2.45) is 0 Å². The quantitative estimate of drug-likeness (QED) is 0.414. The van der Waals surface area contributed by atoms with Crippen LogP contribution in [0.3, 0.4) is 0 Å². The van der Waals surface area contributed by atoms with Gasteiger partial charge >= 0.3 is 17.9 Å². The molecule has 1 rings (SSSR count). The van der Waals surface area contributed by atoms with Crippen LogP contribution in [0.15, 0.2) is 0 Å². The van der Waals surface area contributed by atoms with Crippen molar-refractivity contribution in [1.29, 1.82) is 0 Å². The summed E-state index contributed by atoms with van der Waals surface area (Å²) in [4.78, 5) is 34.2. The molecule has 0 bridgehead atoms. The van der Waals surface area contributed by atoms with Crippen molar-refractivity contribution in [3.63, 3.8) is 0 Å². The summed E-state index contributed by atoms with van der Waals surface area (Å²) in [6, 6.07) is 0. The third kappa shape index (κ3) is 6.92. The van der Waals surface area contributed by atoms with Crippen molar-refractivity contribution < 1.29 is 33.0 Å². The number of esters is 3. The van der Waals surface area contributed by atoms with Crippen LogP contribution in [0, 0.1) is 0 Å². The lowest BCUT2D eigenvalue weighted by atomic mass is 10.1. The maximum Gasteiger partial charge on any atom is 0.303 e. The van der Waals surface area contributed by atoms with E-state index in [-0.39, 0.29) is 0 Å². The molecule has 1 heterocycles. The highest BCUT2D eigenvalue weighted by molar-refractivity contribution is 7.99. The third-order valence-electron chi connectivity index (χ3n) is 2.77. The highest BCUT2D eigenvalue weighted by Crippen LogP contribution is 2.34. The summed E-state index contributed by atoms with van der Waals surface area (Å²) in [6.07, 6.45) is -2.40. The van der Waals surface area contributed by atoms with Crippen molar-refractivity contribution in [2.45, 2.75) is 64.2 Å². The van der Waals surface area contributed by atoms with Crippen LogP contribution in [-0.4, -0.2) is 55.7 Å². The molecule has 0 aromatic heterocycles. The van der Waals surface area contributed by atoms with Crippen LogP contribution in [0.1, 0.15) is 20.8 Å². The summed E-state index contributed by atoms with van der Waals surface area (Å²) in [6.45, 7) is 9.84. The van der Waals surface area contributed by atoms with E-state index in [1.807, 2.05) is 19.6 Å². The largest absolute Gasteiger partial charge is 0.458 e. The van der Waals surface area contributed by atoms with Gasteiger partial charge in [-0.1, -0.05) is 0 Å². The lowest BCUT2D eigenvalue weighted by molar-refractivity contribution is -0.186. The Hall–Kier alpha value is -1.06. The van der Waals surface area contributed by atoms with E-state index in [9.17, 15) is 14.4 Å². The first-order valence-corrected chi connectivity index (χ1v) is 11.8. The Morgan fingerprint density at radius 3 is 1.78 bits per heavy atom. The zero-order valence-electron chi connectivity index (χ0n) is 14.3. The van der Waals surface area contributed by atoms with E-state index in [1.54, 1.807) is 0 Å². The number of hydrogen-bond acceptors (Lipinski definition) is 8. The molecule has 0 N–H and O–H groups in total. The number of hydrogen-bond donors (Lipinski definition) is 0. The number of thioether (sulfide) groups is 1. The molecule has 0 aromatic rings. The maximum atomic E-state index is 11.5. The van der Waals surface area contributed by atoms with E-state index in [4.69, 9.17) is 18.6 Å². The molecule has 0 unspecified atom stereocenters. The average Bonchev–Trinajstić information content (AvgIpc) is 2.33. The second-order valence-corrected chi connectivity index (χ2v) is 11.8. The first-order valence-electron chi connectivity index (χ1n) is 7.30. The fraction of sp³-hybridized carbons (Fsp3) is 0.786. The van der Waals surface area contributed by atoms with E-state index >= 15 is 0 Å². The minimum Gasteiger partial charge on any atom is -0.458 e. The van der Waals surface area contributed by atoms with E-state index in [1.165, 1.54) is 32.5 Å². The van der Waals surface area contributed by atoms with Gasteiger partial charge in [0.1, 0.15) is 5.44 Å². The van der Waals surface area contributed by atoms with Crippen molar-refractivity contribution in [3.8, 4) is 0 Å². The van der Waals surface area contributed by atoms with Crippen molar-refractivity contribution >= 4 is 38.0 Å². The lowest BCUT2D eigenvalue weighted by Crippen LogP contribution is -2.56. The zero-order chi connectivity index (χ0) is 17.8. The van der Waals surface area contributed by atoms with Crippen LogP contribution in [-0.2, 0) is 33.0 Å². The zero-order valence-corrected chi connectivity index (χ0v) is 16.1. The highest BCUT2D eigenvalue weighted by atomic mass is 32.2. The van der Waals surface area contributed by atoms with E-state index in [2.05, 4.69) is 0 Å². The Balaban J connectivity index is 3.06. The maximum absolute atomic E-state index is 11.5. The fourth-order valence-electron chi connectivity index (χ4n) is 2.16. The van der Waals surface area contributed by atoms with Gasteiger partial charge in [-0.15, -0.1) is 11.8 Å². The van der Waals surface area contributed by atoms with Gasteiger partial charge in [-0.3, -0.25) is 14.4 Å². The monoisotopic (exact) mass is 364 g/mol. The van der Waals surface area contributed by atoms with Crippen molar-refractivity contribution in [1.82, 2.24) is 0 Å². The molecule has 132 valence electrons. The molecule has 1 aliphatic rings. The van der Waals surface area contributed by atoms with E-state index in [0.717, 1.165) is 0 Å². The molecule has 0 saturated carbocycles. The molecule has 0 aliphatic carbocycles. The van der Waals surface area contributed by atoms with Crippen LogP contribution >= 0.6 is 11.8 Å². The molecular weight excluding hydrogens is 340 g/mol. The molecule has 9 heteroatoms. The predicted molar refractivity (Wildman–Crippen MR) is 87.3 cm³/mol. The van der Waals surface area contributed by atoms with Gasteiger partial charge in [0.15, 0.2) is 26.6 Å². The van der Waals surface area contributed by atoms with Gasteiger partial charge in [-0.05, 0) is 19.6 Å². The topological polar surface area (TPSA) is 88.1 Å². The van der Waals surface area contributed by atoms with E-state index < -0.39 is 50.0 Å². The fourth-order valence-corrected chi connectivity index (χ4v) is 5.16. The van der Waals surface area contributed by atoms with Gasteiger partial charge in [0.2, 0.25) is 0 Å². The van der Waals surface area contributed by atoms with Crippen LogP contribution in [0.4, 0.5) is 0 Å². The summed E-state index contributed by atoms with van der Waals surface area (Å²) in [7, 11) is -1.92. The highest BCUT2D eigenvalue weighted by Gasteiger charge is 2.47. The molecule has 4 atom stereocenters. The molecule has 0 spiro atoms. The number of carbonyl (C=O) groups excluding carboxylic acids is 3. The lowest BCUT2D eigenvalue weighted by Gasteiger charge is -2.41. The van der Waals surface area contributed by atoms with Crippen LogP contribution < -0.4 is 0 Å². The van der Waals surface area contributed by atoms with Gasteiger partial charge in [0.25, 0.3) is 0 Å². The Bertz CT molecular complexity index is 463. The molecule has 0 amide bonds. The molecule has 0 radical (unpaired) electrons. The number of ether oxygens (including phenoxy) is 3. The molecular formula is C14H24O7SSi. The molecule has 1 fully saturated rings. The van der Waals surface area contributed by atoms with E-state index in [0.29, 0.717) is 5.75 Å². The Morgan fingerprint density at radius 2 is 1.35 bits per heavy atom. The van der Waals surface area contributed by atoms with Gasteiger partial charge in [-0.2, -0.15) is 0 Å². The second-order valence-electron chi connectivity index (χ2n) is 6.23. The summed E-state index contributed by atoms with van der Waals surface area (Å²) in [5.41, 5.74) is -0.471. The molecule has 1 aliphatic heterocycles. The summed E-state index contributed by atoms with van der Waals surface area (Å²) >= 11 is 1.39. The second kappa shape index (κ2) is 8.16. The standard InChI is InChI=1S/C14H24O7SSi/c1-8(15)18-11-7-22-14(21-23(4,5)6)13(20-10(3)17)12(11)19-9(2)16/h11-14H,7H2,1-6H3/t11-,12+,13-,14+/m1/s1. The SMILES string of the molecule is CC(=O)O[C@@H]1[C@@H](OC(C)=O)[C@@H](O[Si](C)(C)C)SC[C@H]1OC(C)=O. The molecule has 7 nitrogen and oxygen atoms in total. The Morgan fingerprint density at radius 1 is 0.870 bits per heavy atom. The number of rotatable bonds is 5. The number of carbonyl (C=O) groups is 3. The van der Waals surface area contributed by atoms with Crippen LogP contribution in [0.5, 0.6) is 0 Å². The summed E-state index contributed by atoms with van der Waals surface area (Å²) in [5, 5.41) is 0. The Kier molecular flexibility index (Phi) is 7.09. The average molecular weight is 364 g/mol. The molecule has 0 aromatic carbocycles. The molecule has 1 saturated heterocycles. The minimum absolute atomic E-state index is 0.393. The molecule has 23 heavy (non-hydrogen) atoms. The summed E-state index contributed by atoms with van der Waals surface area (Å²) in [5.74, 6) is -1.15. The van der Waals surface area contributed by atoms with Crippen LogP contribution in [0.25, 0.3) is 0 Å². The summed E-state index contributed by atoms with van der Waals surface area (Å²) < 4.78 is 21.9. The van der Waals surface area contributed by atoms with Gasteiger partial charge in [0, 0.05) is 26.5 Å². The normalized spacial score (nSPS) is 27.9. The minimum atomic E-state index is -1.92. The smallest absolute Gasteiger partial charge is 0.303 e. The third-order valence-corrected chi connectivity index (χ3v) is 5.12.